The summed E-state index contributed by atoms with van der Waals surface area (Å²) in [6, 6.07) is 13.2. The lowest BCUT2D eigenvalue weighted by molar-refractivity contribution is -0.0356. The maximum atomic E-state index is 12.9. The summed E-state index contributed by atoms with van der Waals surface area (Å²) >= 11 is 0. The molecule has 2 fully saturated rings. The molecule has 174 valence electrons. The second-order valence-electron chi connectivity index (χ2n) is 8.99. The van der Waals surface area contributed by atoms with Gasteiger partial charge in [-0.1, -0.05) is 48.2 Å². The van der Waals surface area contributed by atoms with Crippen LogP contribution in [0.25, 0.3) is 0 Å². The number of rotatable bonds is 6. The largest absolute Gasteiger partial charge is 0.297 e. The van der Waals surface area contributed by atoms with E-state index in [4.69, 9.17) is 8.37 Å². The minimum atomic E-state index is -3.89. The predicted octanol–water partition coefficient (Wildman–Crippen LogP) is 4.75. The second-order valence-corrected chi connectivity index (χ2v) is 12.1. The lowest BCUT2D eigenvalue weighted by atomic mass is 9.68. The summed E-state index contributed by atoms with van der Waals surface area (Å²) in [6.45, 7) is 3.80. The first-order valence-electron chi connectivity index (χ1n) is 11.2. The molecular formula is C24H30O6S2. The fourth-order valence-corrected chi connectivity index (χ4v) is 7.24. The summed E-state index contributed by atoms with van der Waals surface area (Å²) in [7, 11) is -7.77. The third-order valence-electron chi connectivity index (χ3n) is 6.69. The molecule has 6 nitrogen and oxygen atoms in total. The Morgan fingerprint density at radius 1 is 0.594 bits per heavy atom. The monoisotopic (exact) mass is 478 g/mol. The molecule has 0 aliphatic heterocycles. The van der Waals surface area contributed by atoms with E-state index in [0.29, 0.717) is 12.8 Å². The maximum absolute atomic E-state index is 12.9. The Labute approximate surface area is 191 Å². The van der Waals surface area contributed by atoms with Crippen LogP contribution in [-0.4, -0.2) is 29.0 Å². The van der Waals surface area contributed by atoms with E-state index in [1.807, 2.05) is 13.8 Å². The molecule has 4 atom stereocenters. The van der Waals surface area contributed by atoms with Crippen LogP contribution in [0.1, 0.15) is 49.7 Å². The Balaban J connectivity index is 1.51. The van der Waals surface area contributed by atoms with E-state index in [0.717, 1.165) is 36.8 Å². The van der Waals surface area contributed by atoms with Gasteiger partial charge in [-0.15, -0.1) is 0 Å². The molecule has 0 heterocycles. The molecule has 2 aromatic carbocycles. The highest BCUT2D eigenvalue weighted by Crippen LogP contribution is 2.44. The Kier molecular flexibility index (Phi) is 6.77. The Bertz CT molecular complexity index is 1040. The van der Waals surface area contributed by atoms with Gasteiger partial charge in [-0.3, -0.25) is 8.37 Å². The Hall–Kier alpha value is -1.74. The number of hydrogen-bond acceptors (Lipinski definition) is 6. The quantitative estimate of drug-likeness (QED) is 0.557. The van der Waals surface area contributed by atoms with Crippen molar-refractivity contribution >= 4 is 20.2 Å². The summed E-state index contributed by atoms with van der Waals surface area (Å²) in [4.78, 5) is 0.298. The van der Waals surface area contributed by atoms with Crippen molar-refractivity contribution in [1.82, 2.24) is 0 Å². The number of hydrogen-bond donors (Lipinski definition) is 0. The van der Waals surface area contributed by atoms with E-state index < -0.39 is 32.4 Å². The van der Waals surface area contributed by atoms with Gasteiger partial charge in [-0.05, 0) is 75.6 Å². The zero-order chi connectivity index (χ0) is 22.9. The molecule has 0 radical (unpaired) electrons. The number of fused-ring (bicyclic) bond motifs is 1. The van der Waals surface area contributed by atoms with Crippen molar-refractivity contribution in [2.24, 2.45) is 11.8 Å². The van der Waals surface area contributed by atoms with Crippen molar-refractivity contribution in [1.29, 1.82) is 0 Å². The van der Waals surface area contributed by atoms with Gasteiger partial charge in [0.2, 0.25) is 0 Å². The summed E-state index contributed by atoms with van der Waals surface area (Å²) in [6.07, 6.45) is 3.53. The first kappa shape index (κ1) is 23.4. The summed E-state index contributed by atoms with van der Waals surface area (Å²) in [5.74, 6) is -0.0908. The van der Waals surface area contributed by atoms with Crippen LogP contribution in [0.15, 0.2) is 58.3 Å². The third-order valence-corrected chi connectivity index (χ3v) is 9.39. The highest BCUT2D eigenvalue weighted by atomic mass is 32.2. The average Bonchev–Trinajstić information content (AvgIpc) is 2.76. The highest BCUT2D eigenvalue weighted by Gasteiger charge is 2.45. The van der Waals surface area contributed by atoms with Gasteiger partial charge >= 0.3 is 0 Å². The lowest BCUT2D eigenvalue weighted by Gasteiger charge is -2.44. The molecule has 2 aromatic rings. The van der Waals surface area contributed by atoms with Gasteiger partial charge in [0.1, 0.15) is 0 Å². The molecule has 0 aromatic heterocycles. The zero-order valence-corrected chi connectivity index (χ0v) is 20.1. The van der Waals surface area contributed by atoms with Gasteiger partial charge in [0.25, 0.3) is 20.2 Å². The van der Waals surface area contributed by atoms with Gasteiger partial charge in [0, 0.05) is 0 Å². The molecule has 0 amide bonds. The van der Waals surface area contributed by atoms with Crippen molar-refractivity contribution in [2.75, 3.05) is 0 Å². The van der Waals surface area contributed by atoms with Gasteiger partial charge in [-0.2, -0.15) is 16.8 Å². The van der Waals surface area contributed by atoms with Crippen LogP contribution >= 0.6 is 0 Å². The molecular weight excluding hydrogens is 448 g/mol. The second kappa shape index (κ2) is 9.25. The first-order chi connectivity index (χ1) is 15.2. The molecule has 4 rings (SSSR count). The predicted molar refractivity (Wildman–Crippen MR) is 121 cm³/mol. The molecule has 32 heavy (non-hydrogen) atoms. The van der Waals surface area contributed by atoms with Crippen LogP contribution in [0, 0.1) is 25.7 Å². The van der Waals surface area contributed by atoms with E-state index in [2.05, 4.69) is 0 Å². The fraction of sp³-hybridized carbons (Fsp3) is 0.500. The normalized spacial score (nSPS) is 26.4. The van der Waals surface area contributed by atoms with Crippen molar-refractivity contribution in [3.63, 3.8) is 0 Å². The first-order valence-corrected chi connectivity index (χ1v) is 14.0. The fourth-order valence-electron chi connectivity index (χ4n) is 4.95. The molecule has 0 bridgehead atoms. The van der Waals surface area contributed by atoms with Gasteiger partial charge < -0.3 is 0 Å². The molecule has 0 spiro atoms. The number of benzene rings is 2. The molecule has 2 aliphatic rings. The Morgan fingerprint density at radius 3 is 1.28 bits per heavy atom. The molecule has 0 N–H and O–H groups in total. The van der Waals surface area contributed by atoms with Gasteiger partial charge in [-0.25, -0.2) is 0 Å². The topological polar surface area (TPSA) is 86.7 Å². The van der Waals surface area contributed by atoms with E-state index in [1.54, 1.807) is 48.5 Å². The van der Waals surface area contributed by atoms with Crippen molar-refractivity contribution in [3.8, 4) is 0 Å². The van der Waals surface area contributed by atoms with Crippen molar-refractivity contribution in [2.45, 2.75) is 74.4 Å². The molecule has 2 aliphatic carbocycles. The Morgan fingerprint density at radius 2 is 0.938 bits per heavy atom. The molecule has 2 saturated carbocycles. The minimum absolute atomic E-state index is 0.0454. The maximum Gasteiger partial charge on any atom is 0.297 e. The van der Waals surface area contributed by atoms with Crippen LogP contribution < -0.4 is 0 Å². The number of aryl methyl sites for hydroxylation is 2. The minimum Gasteiger partial charge on any atom is -0.263 e. The summed E-state index contributed by atoms with van der Waals surface area (Å²) < 4.78 is 62.9. The SMILES string of the molecule is Cc1ccc(S(=O)(=O)O[C@@H]2CC[C@@H](OS(=O)(=O)c3ccc(C)cc3)[C@H]3CCCC[C@@H]32)cc1. The molecule has 8 heteroatoms. The van der Waals surface area contributed by atoms with Gasteiger partial charge in [0.15, 0.2) is 0 Å². The molecule has 0 saturated heterocycles. The van der Waals surface area contributed by atoms with Crippen LogP contribution in [0.3, 0.4) is 0 Å². The van der Waals surface area contributed by atoms with E-state index in [9.17, 15) is 16.8 Å². The summed E-state index contributed by atoms with van der Waals surface area (Å²) in [5, 5.41) is 0. The third kappa shape index (κ3) is 5.09. The van der Waals surface area contributed by atoms with Crippen LogP contribution in [0.5, 0.6) is 0 Å². The zero-order valence-electron chi connectivity index (χ0n) is 18.4. The van der Waals surface area contributed by atoms with E-state index in [1.165, 1.54) is 0 Å². The van der Waals surface area contributed by atoms with Crippen LogP contribution in [-0.2, 0) is 28.6 Å². The van der Waals surface area contributed by atoms with E-state index >= 15 is 0 Å². The van der Waals surface area contributed by atoms with Gasteiger partial charge in [0.05, 0.1) is 22.0 Å². The average molecular weight is 479 g/mol. The van der Waals surface area contributed by atoms with Crippen molar-refractivity contribution < 1.29 is 25.2 Å². The summed E-state index contributed by atoms with van der Waals surface area (Å²) in [5.41, 5.74) is 1.95. The molecule has 0 unspecified atom stereocenters. The van der Waals surface area contributed by atoms with Crippen LogP contribution in [0.4, 0.5) is 0 Å². The lowest BCUT2D eigenvalue weighted by Crippen LogP contribution is -2.46. The smallest absolute Gasteiger partial charge is 0.263 e. The van der Waals surface area contributed by atoms with Crippen molar-refractivity contribution in [3.05, 3.63) is 59.7 Å². The van der Waals surface area contributed by atoms with E-state index in [-0.39, 0.29) is 21.6 Å². The van der Waals surface area contributed by atoms with Crippen LogP contribution in [0.2, 0.25) is 0 Å². The highest BCUT2D eigenvalue weighted by molar-refractivity contribution is 7.87. The standard InChI is InChI=1S/C24H30O6S2/c1-17-7-11-19(12-8-17)31(25,26)29-23-15-16-24(22-6-4-3-5-21(22)23)30-32(27,28)20-13-9-18(2)10-14-20/h7-14,21-24H,3-6,15-16H2,1-2H3/t21-,22-,23+,24+/m0/s1.